The number of halogens is 1. The van der Waals surface area contributed by atoms with E-state index in [9.17, 15) is 9.59 Å². The van der Waals surface area contributed by atoms with Gasteiger partial charge in [-0.15, -0.1) is 11.3 Å². The molecule has 6 heteroatoms. The standard InChI is InChI=1S/C16H16ClNO3S/c1-9-8-14(11(3)22-9)16(20)21-10(2)15(19)18-13-6-4-12(17)5-7-13/h4-8,10H,1-3H3,(H,18,19)/t10-/m0/s1. The summed E-state index contributed by atoms with van der Waals surface area (Å²) in [5, 5.41) is 3.26. The van der Waals surface area contributed by atoms with Gasteiger partial charge >= 0.3 is 5.97 Å². The Morgan fingerprint density at radius 3 is 2.41 bits per heavy atom. The Morgan fingerprint density at radius 1 is 1.23 bits per heavy atom. The second-order valence-electron chi connectivity index (χ2n) is 4.87. The van der Waals surface area contributed by atoms with Crippen LogP contribution in [0.5, 0.6) is 0 Å². The minimum Gasteiger partial charge on any atom is -0.449 e. The van der Waals surface area contributed by atoms with Gasteiger partial charge in [-0.1, -0.05) is 11.6 Å². The summed E-state index contributed by atoms with van der Waals surface area (Å²) in [5.41, 5.74) is 1.11. The SMILES string of the molecule is Cc1cc(C(=O)O[C@@H](C)C(=O)Nc2ccc(Cl)cc2)c(C)s1. The van der Waals surface area contributed by atoms with Crippen molar-refractivity contribution < 1.29 is 14.3 Å². The summed E-state index contributed by atoms with van der Waals surface area (Å²) in [7, 11) is 0. The molecule has 1 atom stereocenters. The van der Waals surface area contributed by atoms with Crippen molar-refractivity contribution in [2.45, 2.75) is 26.9 Å². The fourth-order valence-corrected chi connectivity index (χ4v) is 2.93. The van der Waals surface area contributed by atoms with E-state index in [-0.39, 0.29) is 5.91 Å². The van der Waals surface area contributed by atoms with Crippen LogP contribution in [-0.2, 0) is 9.53 Å². The lowest BCUT2D eigenvalue weighted by atomic mass is 10.2. The van der Waals surface area contributed by atoms with Crippen LogP contribution in [0.1, 0.15) is 27.0 Å². The quantitative estimate of drug-likeness (QED) is 0.850. The van der Waals surface area contributed by atoms with Gasteiger partial charge in [-0.25, -0.2) is 4.79 Å². The summed E-state index contributed by atoms with van der Waals surface area (Å²) in [5.74, 6) is -0.874. The van der Waals surface area contributed by atoms with E-state index in [1.807, 2.05) is 13.8 Å². The van der Waals surface area contributed by atoms with Gasteiger partial charge in [0.05, 0.1) is 5.56 Å². The first-order valence-corrected chi connectivity index (χ1v) is 7.90. The molecule has 1 N–H and O–H groups in total. The first kappa shape index (κ1) is 16.5. The number of esters is 1. The third-order valence-corrected chi connectivity index (χ3v) is 4.24. The number of benzene rings is 1. The molecule has 116 valence electrons. The van der Waals surface area contributed by atoms with Gasteiger partial charge in [0.25, 0.3) is 5.91 Å². The van der Waals surface area contributed by atoms with Crippen molar-refractivity contribution >= 4 is 40.5 Å². The van der Waals surface area contributed by atoms with Crippen LogP contribution < -0.4 is 5.32 Å². The molecule has 0 aliphatic carbocycles. The number of carbonyl (C=O) groups excluding carboxylic acids is 2. The lowest BCUT2D eigenvalue weighted by molar-refractivity contribution is -0.123. The maximum Gasteiger partial charge on any atom is 0.340 e. The zero-order chi connectivity index (χ0) is 16.3. The Bertz CT molecular complexity index is 694. The lowest BCUT2D eigenvalue weighted by Crippen LogP contribution is -2.30. The monoisotopic (exact) mass is 337 g/mol. The molecule has 22 heavy (non-hydrogen) atoms. The molecule has 4 nitrogen and oxygen atoms in total. The van der Waals surface area contributed by atoms with Gasteiger partial charge in [0.15, 0.2) is 6.10 Å². The number of hydrogen-bond donors (Lipinski definition) is 1. The lowest BCUT2D eigenvalue weighted by Gasteiger charge is -2.13. The molecule has 2 rings (SSSR count). The summed E-state index contributed by atoms with van der Waals surface area (Å²) >= 11 is 7.31. The third-order valence-electron chi connectivity index (χ3n) is 3.03. The number of thiophene rings is 1. The van der Waals surface area contributed by atoms with E-state index in [4.69, 9.17) is 16.3 Å². The molecule has 0 bridgehead atoms. The average Bonchev–Trinajstić information content (AvgIpc) is 2.80. The average molecular weight is 338 g/mol. The molecule has 0 saturated heterocycles. The van der Waals surface area contributed by atoms with Crippen LogP contribution in [-0.4, -0.2) is 18.0 Å². The molecular formula is C16H16ClNO3S. The number of rotatable bonds is 4. The molecule has 0 fully saturated rings. The minimum atomic E-state index is -0.886. The van der Waals surface area contributed by atoms with Crippen molar-refractivity contribution in [3.05, 3.63) is 50.7 Å². The van der Waals surface area contributed by atoms with Crippen molar-refractivity contribution in [1.82, 2.24) is 0 Å². The maximum atomic E-state index is 12.1. The van der Waals surface area contributed by atoms with Gasteiger partial charge in [0, 0.05) is 20.5 Å². The van der Waals surface area contributed by atoms with E-state index in [0.29, 0.717) is 16.3 Å². The molecular weight excluding hydrogens is 322 g/mol. The summed E-state index contributed by atoms with van der Waals surface area (Å²) in [4.78, 5) is 26.0. The van der Waals surface area contributed by atoms with Crippen LogP contribution in [0.2, 0.25) is 5.02 Å². The predicted molar refractivity (Wildman–Crippen MR) is 88.8 cm³/mol. The van der Waals surface area contributed by atoms with Crippen LogP contribution in [0.3, 0.4) is 0 Å². The van der Waals surface area contributed by atoms with Crippen molar-refractivity contribution in [2.75, 3.05) is 5.32 Å². The van der Waals surface area contributed by atoms with Crippen molar-refractivity contribution in [1.29, 1.82) is 0 Å². The van der Waals surface area contributed by atoms with E-state index in [1.54, 1.807) is 30.3 Å². The van der Waals surface area contributed by atoms with E-state index < -0.39 is 12.1 Å². The summed E-state index contributed by atoms with van der Waals surface area (Å²) in [6.45, 7) is 5.32. The van der Waals surface area contributed by atoms with Gasteiger partial charge in [-0.3, -0.25) is 4.79 Å². The number of hydrogen-bond acceptors (Lipinski definition) is 4. The van der Waals surface area contributed by atoms with Crippen LogP contribution in [0.25, 0.3) is 0 Å². The number of carbonyl (C=O) groups is 2. The number of amides is 1. The highest BCUT2D eigenvalue weighted by molar-refractivity contribution is 7.12. The summed E-state index contributed by atoms with van der Waals surface area (Å²) < 4.78 is 5.22. The van der Waals surface area contributed by atoms with Gasteiger partial charge in [0.1, 0.15) is 0 Å². The van der Waals surface area contributed by atoms with Crippen LogP contribution in [0, 0.1) is 13.8 Å². The fourth-order valence-electron chi connectivity index (χ4n) is 1.89. The molecule has 2 aromatic rings. The van der Waals surface area contributed by atoms with E-state index in [2.05, 4.69) is 5.32 Å². The first-order valence-electron chi connectivity index (χ1n) is 6.71. The summed E-state index contributed by atoms with van der Waals surface area (Å²) in [6, 6.07) is 8.48. The predicted octanol–water partition coefficient (Wildman–Crippen LogP) is 4.20. The molecule has 0 spiro atoms. The molecule has 1 amide bonds. The number of ether oxygens (including phenoxy) is 1. The maximum absolute atomic E-state index is 12.1. The molecule has 0 saturated carbocycles. The van der Waals surface area contributed by atoms with E-state index in [0.717, 1.165) is 9.75 Å². The van der Waals surface area contributed by atoms with E-state index >= 15 is 0 Å². The van der Waals surface area contributed by atoms with Crippen LogP contribution >= 0.6 is 22.9 Å². The second-order valence-corrected chi connectivity index (χ2v) is 6.77. The molecule has 0 aliphatic heterocycles. The van der Waals surface area contributed by atoms with Crippen molar-refractivity contribution in [3.8, 4) is 0 Å². The smallest absolute Gasteiger partial charge is 0.340 e. The van der Waals surface area contributed by atoms with Gasteiger partial charge in [0.2, 0.25) is 0 Å². The molecule has 1 heterocycles. The zero-order valence-electron chi connectivity index (χ0n) is 12.5. The second kappa shape index (κ2) is 6.94. The first-order chi connectivity index (χ1) is 10.4. The Labute approximate surface area is 138 Å². The van der Waals surface area contributed by atoms with Crippen molar-refractivity contribution in [2.24, 2.45) is 0 Å². The minimum absolute atomic E-state index is 0.389. The van der Waals surface area contributed by atoms with Gasteiger partial charge in [-0.05, 0) is 51.1 Å². The number of anilines is 1. The topological polar surface area (TPSA) is 55.4 Å². The van der Waals surface area contributed by atoms with Gasteiger partial charge in [-0.2, -0.15) is 0 Å². The largest absolute Gasteiger partial charge is 0.449 e. The van der Waals surface area contributed by atoms with Crippen LogP contribution in [0.4, 0.5) is 5.69 Å². The highest BCUT2D eigenvalue weighted by Crippen LogP contribution is 2.22. The Balaban J connectivity index is 1.97. The Morgan fingerprint density at radius 2 is 1.86 bits per heavy atom. The molecule has 0 unspecified atom stereocenters. The molecule has 0 aliphatic rings. The third kappa shape index (κ3) is 4.08. The molecule has 1 aromatic carbocycles. The Kier molecular flexibility index (Phi) is 5.21. The van der Waals surface area contributed by atoms with Crippen molar-refractivity contribution in [3.63, 3.8) is 0 Å². The molecule has 0 radical (unpaired) electrons. The zero-order valence-corrected chi connectivity index (χ0v) is 14.0. The Hall–Kier alpha value is -1.85. The molecule has 1 aromatic heterocycles. The number of nitrogens with one attached hydrogen (secondary N) is 1. The fraction of sp³-hybridized carbons (Fsp3) is 0.250. The van der Waals surface area contributed by atoms with Gasteiger partial charge < -0.3 is 10.1 Å². The normalized spacial score (nSPS) is 11.8. The van der Waals surface area contributed by atoms with E-state index in [1.165, 1.54) is 18.3 Å². The highest BCUT2D eigenvalue weighted by Gasteiger charge is 2.21. The summed E-state index contributed by atoms with van der Waals surface area (Å²) in [6.07, 6.45) is -0.886. The number of aryl methyl sites for hydroxylation is 2. The van der Waals surface area contributed by atoms with Crippen LogP contribution in [0.15, 0.2) is 30.3 Å². The highest BCUT2D eigenvalue weighted by atomic mass is 35.5.